The van der Waals surface area contributed by atoms with Crippen LogP contribution in [-0.2, 0) is 0 Å². The molecule has 2 heterocycles. The third kappa shape index (κ3) is 2.15. The first kappa shape index (κ1) is 11.3. The van der Waals surface area contributed by atoms with Crippen molar-refractivity contribution in [2.75, 3.05) is 0 Å². The lowest BCUT2D eigenvalue weighted by Crippen LogP contribution is -2.12. The lowest BCUT2D eigenvalue weighted by molar-refractivity contribution is 0.862. The maximum atomic E-state index is 6.25. The molecule has 2 aromatic heterocycles. The highest BCUT2D eigenvalue weighted by molar-refractivity contribution is 7.12. The molecule has 0 bridgehead atoms. The predicted molar refractivity (Wildman–Crippen MR) is 68.8 cm³/mol. The summed E-state index contributed by atoms with van der Waals surface area (Å²) in [5, 5.41) is 0. The van der Waals surface area contributed by atoms with Crippen molar-refractivity contribution >= 4 is 11.3 Å². The van der Waals surface area contributed by atoms with E-state index in [1.807, 2.05) is 19.9 Å². The zero-order chi connectivity index (χ0) is 11.7. The van der Waals surface area contributed by atoms with Crippen LogP contribution in [0.4, 0.5) is 0 Å². The van der Waals surface area contributed by atoms with Crippen LogP contribution < -0.4 is 5.73 Å². The largest absolute Gasteiger partial charge is 0.320 e. The molecule has 84 valence electrons. The van der Waals surface area contributed by atoms with Gasteiger partial charge < -0.3 is 5.73 Å². The van der Waals surface area contributed by atoms with Gasteiger partial charge in [0, 0.05) is 21.1 Å². The van der Waals surface area contributed by atoms with Crippen LogP contribution in [0.1, 0.15) is 32.7 Å². The summed E-state index contributed by atoms with van der Waals surface area (Å²) >= 11 is 1.75. The summed E-state index contributed by atoms with van der Waals surface area (Å²) in [5.74, 6) is 0. The number of hydrogen-bond acceptors (Lipinski definition) is 3. The molecule has 0 fully saturated rings. The van der Waals surface area contributed by atoms with E-state index in [1.54, 1.807) is 11.3 Å². The van der Waals surface area contributed by atoms with Gasteiger partial charge in [-0.1, -0.05) is 6.07 Å². The van der Waals surface area contributed by atoms with Crippen molar-refractivity contribution < 1.29 is 0 Å². The fraction of sp³-hybridized carbons (Fsp3) is 0.308. The summed E-state index contributed by atoms with van der Waals surface area (Å²) in [5.41, 5.74) is 9.43. The summed E-state index contributed by atoms with van der Waals surface area (Å²) in [6.07, 6.45) is 0. The van der Waals surface area contributed by atoms with Crippen LogP contribution in [0.15, 0.2) is 24.3 Å². The van der Waals surface area contributed by atoms with Gasteiger partial charge >= 0.3 is 0 Å². The van der Waals surface area contributed by atoms with E-state index in [9.17, 15) is 0 Å². The number of rotatable bonds is 2. The minimum Gasteiger partial charge on any atom is -0.320 e. The molecular formula is C13H16N2S. The van der Waals surface area contributed by atoms with E-state index in [4.69, 9.17) is 5.73 Å². The van der Waals surface area contributed by atoms with Crippen LogP contribution in [0, 0.1) is 20.8 Å². The molecule has 0 aromatic carbocycles. The van der Waals surface area contributed by atoms with E-state index in [-0.39, 0.29) is 6.04 Å². The Bertz CT molecular complexity index is 502. The second kappa shape index (κ2) is 4.36. The second-order valence-electron chi connectivity index (χ2n) is 4.05. The van der Waals surface area contributed by atoms with E-state index in [0.29, 0.717) is 0 Å². The van der Waals surface area contributed by atoms with Gasteiger partial charge in [0.05, 0.1) is 6.04 Å². The molecule has 3 heteroatoms. The van der Waals surface area contributed by atoms with E-state index < -0.39 is 0 Å². The first-order chi connectivity index (χ1) is 7.58. The Morgan fingerprint density at radius 2 is 1.88 bits per heavy atom. The number of aromatic nitrogens is 1. The zero-order valence-corrected chi connectivity index (χ0v) is 10.6. The zero-order valence-electron chi connectivity index (χ0n) is 9.82. The summed E-state index contributed by atoms with van der Waals surface area (Å²) in [7, 11) is 0. The fourth-order valence-electron chi connectivity index (χ4n) is 1.80. The number of pyridine rings is 1. The number of nitrogens with two attached hydrogens (primary N) is 1. The Balaban J connectivity index is 2.37. The van der Waals surface area contributed by atoms with Gasteiger partial charge in [0.1, 0.15) is 0 Å². The quantitative estimate of drug-likeness (QED) is 0.864. The van der Waals surface area contributed by atoms with Gasteiger partial charge in [-0.2, -0.15) is 0 Å². The van der Waals surface area contributed by atoms with Crippen molar-refractivity contribution in [3.05, 3.63) is 51.0 Å². The Kier molecular flexibility index (Phi) is 3.08. The molecule has 0 aliphatic heterocycles. The van der Waals surface area contributed by atoms with Gasteiger partial charge in [-0.05, 0) is 44.5 Å². The Labute approximate surface area is 100 Å². The second-order valence-corrected chi connectivity index (χ2v) is 5.37. The summed E-state index contributed by atoms with van der Waals surface area (Å²) in [4.78, 5) is 6.95. The highest BCUT2D eigenvalue weighted by Crippen LogP contribution is 2.27. The van der Waals surface area contributed by atoms with Crippen molar-refractivity contribution in [2.45, 2.75) is 26.8 Å². The van der Waals surface area contributed by atoms with Crippen LogP contribution in [-0.4, -0.2) is 4.98 Å². The molecule has 16 heavy (non-hydrogen) atoms. The van der Waals surface area contributed by atoms with Crippen LogP contribution in [0.5, 0.6) is 0 Å². The van der Waals surface area contributed by atoms with Crippen LogP contribution in [0.25, 0.3) is 0 Å². The van der Waals surface area contributed by atoms with Crippen molar-refractivity contribution in [1.82, 2.24) is 4.98 Å². The lowest BCUT2D eigenvalue weighted by atomic mass is 10.0. The third-order valence-electron chi connectivity index (χ3n) is 2.67. The standard InChI is InChI=1S/C13H16N2S/c1-8-4-6-11(10(3)15-8)13(14)12-7-5-9(2)16-12/h4-7,13H,14H2,1-3H3. The molecule has 2 N–H and O–H groups in total. The normalized spacial score (nSPS) is 12.8. The number of hydrogen-bond donors (Lipinski definition) is 1. The molecule has 1 atom stereocenters. The summed E-state index contributed by atoms with van der Waals surface area (Å²) in [6.45, 7) is 6.11. The molecule has 0 aliphatic rings. The molecule has 1 unspecified atom stereocenters. The minimum atomic E-state index is -0.0493. The van der Waals surface area contributed by atoms with E-state index in [0.717, 1.165) is 17.0 Å². The van der Waals surface area contributed by atoms with E-state index in [1.165, 1.54) is 9.75 Å². The van der Waals surface area contributed by atoms with Crippen LogP contribution in [0.3, 0.4) is 0 Å². The average Bonchev–Trinajstić information content (AvgIpc) is 2.64. The first-order valence-electron chi connectivity index (χ1n) is 5.34. The lowest BCUT2D eigenvalue weighted by Gasteiger charge is -2.12. The van der Waals surface area contributed by atoms with Gasteiger partial charge in [0.2, 0.25) is 0 Å². The summed E-state index contributed by atoms with van der Waals surface area (Å²) < 4.78 is 0. The van der Waals surface area contributed by atoms with E-state index >= 15 is 0 Å². The average molecular weight is 232 g/mol. The maximum absolute atomic E-state index is 6.25. The van der Waals surface area contributed by atoms with Crippen LogP contribution in [0.2, 0.25) is 0 Å². The van der Waals surface area contributed by atoms with Gasteiger partial charge in [-0.3, -0.25) is 4.98 Å². The topological polar surface area (TPSA) is 38.9 Å². The van der Waals surface area contributed by atoms with Crippen LogP contribution >= 0.6 is 11.3 Å². The van der Waals surface area contributed by atoms with Gasteiger partial charge in [0.15, 0.2) is 0 Å². The molecule has 2 nitrogen and oxygen atoms in total. The fourth-order valence-corrected chi connectivity index (χ4v) is 2.70. The van der Waals surface area contributed by atoms with Crippen molar-refractivity contribution in [2.24, 2.45) is 5.73 Å². The van der Waals surface area contributed by atoms with Gasteiger partial charge in [0.25, 0.3) is 0 Å². The molecule has 0 aliphatic carbocycles. The number of nitrogens with zero attached hydrogens (tertiary/aromatic N) is 1. The highest BCUT2D eigenvalue weighted by Gasteiger charge is 2.13. The van der Waals surface area contributed by atoms with E-state index in [2.05, 4.69) is 30.1 Å². The SMILES string of the molecule is Cc1ccc(C(N)c2ccc(C)s2)c(C)n1. The minimum absolute atomic E-state index is 0.0493. The molecule has 2 aromatic rings. The number of aryl methyl sites for hydroxylation is 3. The third-order valence-corrected chi connectivity index (χ3v) is 3.75. The Morgan fingerprint density at radius 3 is 2.44 bits per heavy atom. The molecule has 0 saturated heterocycles. The molecule has 2 rings (SSSR count). The molecular weight excluding hydrogens is 216 g/mol. The monoisotopic (exact) mass is 232 g/mol. The van der Waals surface area contributed by atoms with Crippen molar-refractivity contribution in [3.63, 3.8) is 0 Å². The van der Waals surface area contributed by atoms with Gasteiger partial charge in [-0.25, -0.2) is 0 Å². The Hall–Kier alpha value is -1.19. The molecule has 0 spiro atoms. The Morgan fingerprint density at radius 1 is 1.12 bits per heavy atom. The number of thiophene rings is 1. The predicted octanol–water partition coefficient (Wildman–Crippen LogP) is 3.12. The maximum Gasteiger partial charge on any atom is 0.0663 e. The first-order valence-corrected chi connectivity index (χ1v) is 6.15. The smallest absolute Gasteiger partial charge is 0.0663 e. The van der Waals surface area contributed by atoms with Gasteiger partial charge in [-0.15, -0.1) is 11.3 Å². The highest BCUT2D eigenvalue weighted by atomic mass is 32.1. The van der Waals surface area contributed by atoms with Crippen molar-refractivity contribution in [3.8, 4) is 0 Å². The summed E-state index contributed by atoms with van der Waals surface area (Å²) in [6, 6.07) is 8.26. The molecule has 0 amide bonds. The van der Waals surface area contributed by atoms with Crippen molar-refractivity contribution in [1.29, 1.82) is 0 Å². The molecule has 0 saturated carbocycles. The molecule has 0 radical (unpaired) electrons.